The van der Waals surface area contributed by atoms with Gasteiger partial charge in [0.1, 0.15) is 11.5 Å². The van der Waals surface area contributed by atoms with E-state index in [4.69, 9.17) is 9.47 Å². The van der Waals surface area contributed by atoms with E-state index in [1.165, 1.54) is 11.4 Å². The van der Waals surface area contributed by atoms with E-state index >= 15 is 0 Å². The highest BCUT2D eigenvalue weighted by Gasteiger charge is 2.29. The maximum absolute atomic E-state index is 12.8. The molecular formula is C20H24N2O5S. The van der Waals surface area contributed by atoms with Crippen molar-refractivity contribution in [2.45, 2.75) is 4.90 Å². The average Bonchev–Trinajstić information content (AvgIpc) is 2.74. The van der Waals surface area contributed by atoms with Gasteiger partial charge in [0.15, 0.2) is 5.78 Å². The first kappa shape index (κ1) is 20.3. The van der Waals surface area contributed by atoms with E-state index in [2.05, 4.69) is 0 Å². The molecular weight excluding hydrogens is 380 g/mol. The average molecular weight is 404 g/mol. The number of piperazine rings is 1. The van der Waals surface area contributed by atoms with E-state index in [-0.39, 0.29) is 17.2 Å². The van der Waals surface area contributed by atoms with Gasteiger partial charge >= 0.3 is 0 Å². The lowest BCUT2D eigenvalue weighted by molar-refractivity contribution is 0.0901. The zero-order valence-corrected chi connectivity index (χ0v) is 16.8. The zero-order chi connectivity index (χ0) is 20.1. The van der Waals surface area contributed by atoms with Crippen molar-refractivity contribution in [3.63, 3.8) is 0 Å². The lowest BCUT2D eigenvalue weighted by atomic mass is 10.1. The first-order valence-corrected chi connectivity index (χ1v) is 10.4. The summed E-state index contributed by atoms with van der Waals surface area (Å²) in [5.74, 6) is 1.24. The molecule has 150 valence electrons. The Kier molecular flexibility index (Phi) is 6.33. The van der Waals surface area contributed by atoms with Crippen molar-refractivity contribution in [1.29, 1.82) is 0 Å². The van der Waals surface area contributed by atoms with Gasteiger partial charge in [-0.05, 0) is 36.4 Å². The molecule has 0 aromatic heterocycles. The first-order chi connectivity index (χ1) is 13.4. The molecule has 0 N–H and O–H groups in total. The predicted molar refractivity (Wildman–Crippen MR) is 106 cm³/mol. The zero-order valence-electron chi connectivity index (χ0n) is 16.0. The molecule has 0 bridgehead atoms. The van der Waals surface area contributed by atoms with Crippen LogP contribution in [0, 0.1) is 0 Å². The van der Waals surface area contributed by atoms with Crippen molar-refractivity contribution < 1.29 is 22.7 Å². The van der Waals surface area contributed by atoms with Gasteiger partial charge in [-0.1, -0.05) is 12.1 Å². The second kappa shape index (κ2) is 8.72. The summed E-state index contributed by atoms with van der Waals surface area (Å²) in [4.78, 5) is 14.7. The van der Waals surface area contributed by atoms with Gasteiger partial charge in [0.25, 0.3) is 0 Å². The SMILES string of the molecule is COc1ccc(S(=O)(=O)N2CCN(CC(=O)c3cccc(OC)c3)CC2)cc1. The molecule has 1 fully saturated rings. The number of nitrogens with zero attached hydrogens (tertiary/aromatic N) is 2. The van der Waals surface area contributed by atoms with Crippen LogP contribution in [0.1, 0.15) is 10.4 Å². The summed E-state index contributed by atoms with van der Waals surface area (Å²) in [5, 5.41) is 0. The Hall–Kier alpha value is -2.42. The van der Waals surface area contributed by atoms with Crippen molar-refractivity contribution in [3.8, 4) is 11.5 Å². The molecule has 0 saturated carbocycles. The van der Waals surface area contributed by atoms with Gasteiger partial charge in [-0.2, -0.15) is 4.31 Å². The van der Waals surface area contributed by atoms with Crippen molar-refractivity contribution in [3.05, 3.63) is 54.1 Å². The molecule has 0 amide bonds. The van der Waals surface area contributed by atoms with E-state index in [1.54, 1.807) is 55.6 Å². The van der Waals surface area contributed by atoms with Crippen molar-refractivity contribution in [2.75, 3.05) is 46.9 Å². The van der Waals surface area contributed by atoms with Gasteiger partial charge in [0.2, 0.25) is 10.0 Å². The van der Waals surface area contributed by atoms with Crippen LogP contribution < -0.4 is 9.47 Å². The summed E-state index contributed by atoms with van der Waals surface area (Å²) in [7, 11) is -0.452. The molecule has 8 heteroatoms. The topological polar surface area (TPSA) is 76.2 Å². The first-order valence-electron chi connectivity index (χ1n) is 8.98. The van der Waals surface area contributed by atoms with Crippen LogP contribution in [-0.4, -0.2) is 70.3 Å². The Balaban J connectivity index is 1.59. The van der Waals surface area contributed by atoms with Gasteiger partial charge < -0.3 is 9.47 Å². The molecule has 7 nitrogen and oxygen atoms in total. The predicted octanol–water partition coefficient (Wildman–Crippen LogP) is 1.89. The number of hydrogen-bond acceptors (Lipinski definition) is 6. The molecule has 0 unspecified atom stereocenters. The summed E-state index contributed by atoms with van der Waals surface area (Å²) in [6, 6.07) is 13.4. The number of carbonyl (C=O) groups is 1. The van der Waals surface area contributed by atoms with E-state index < -0.39 is 10.0 Å². The van der Waals surface area contributed by atoms with E-state index in [1.807, 2.05) is 4.90 Å². The summed E-state index contributed by atoms with van der Waals surface area (Å²) in [6.45, 7) is 1.96. The third kappa shape index (κ3) is 4.52. The number of benzene rings is 2. The number of rotatable bonds is 7. The molecule has 2 aromatic rings. The second-order valence-corrected chi connectivity index (χ2v) is 8.45. The van der Waals surface area contributed by atoms with Crippen LogP contribution in [0.15, 0.2) is 53.4 Å². The number of sulfonamides is 1. The van der Waals surface area contributed by atoms with Gasteiger partial charge in [-0.3, -0.25) is 9.69 Å². The fourth-order valence-corrected chi connectivity index (χ4v) is 4.54. The number of ketones is 1. The molecule has 2 aromatic carbocycles. The van der Waals surface area contributed by atoms with Crippen molar-refractivity contribution in [2.24, 2.45) is 0 Å². The molecule has 0 aliphatic carbocycles. The van der Waals surface area contributed by atoms with Gasteiger partial charge in [0, 0.05) is 31.7 Å². The smallest absolute Gasteiger partial charge is 0.243 e. The van der Waals surface area contributed by atoms with Gasteiger partial charge in [0.05, 0.1) is 25.7 Å². The third-order valence-corrected chi connectivity index (χ3v) is 6.70. The maximum atomic E-state index is 12.8. The highest BCUT2D eigenvalue weighted by atomic mass is 32.2. The molecule has 0 radical (unpaired) electrons. The molecule has 1 aliphatic rings. The second-order valence-electron chi connectivity index (χ2n) is 6.51. The van der Waals surface area contributed by atoms with Crippen LogP contribution >= 0.6 is 0 Å². The summed E-state index contributed by atoms with van der Waals surface area (Å²) in [6.07, 6.45) is 0. The highest BCUT2D eigenvalue weighted by molar-refractivity contribution is 7.89. The summed E-state index contributed by atoms with van der Waals surface area (Å²) >= 11 is 0. The Labute approximate surface area is 165 Å². The molecule has 28 heavy (non-hydrogen) atoms. The fourth-order valence-electron chi connectivity index (χ4n) is 3.12. The Morgan fingerprint density at radius 2 is 1.57 bits per heavy atom. The van der Waals surface area contributed by atoms with Gasteiger partial charge in [-0.15, -0.1) is 0 Å². The Morgan fingerprint density at radius 1 is 0.929 bits per heavy atom. The fraction of sp³-hybridized carbons (Fsp3) is 0.350. The van der Waals surface area contributed by atoms with Crippen molar-refractivity contribution in [1.82, 2.24) is 9.21 Å². The summed E-state index contributed by atoms with van der Waals surface area (Å²) in [5.41, 5.74) is 0.590. The number of ether oxygens (including phenoxy) is 2. The molecule has 1 saturated heterocycles. The van der Waals surface area contributed by atoms with Crippen molar-refractivity contribution >= 4 is 15.8 Å². The molecule has 1 heterocycles. The minimum absolute atomic E-state index is 0.00892. The Bertz CT molecular complexity index is 920. The Morgan fingerprint density at radius 3 is 2.18 bits per heavy atom. The number of methoxy groups -OCH3 is 2. The van der Waals surface area contributed by atoms with E-state index in [9.17, 15) is 13.2 Å². The van der Waals surface area contributed by atoms with Crippen LogP contribution in [0.4, 0.5) is 0 Å². The van der Waals surface area contributed by atoms with Crippen LogP contribution in [0.2, 0.25) is 0 Å². The molecule has 3 rings (SSSR count). The number of carbonyl (C=O) groups excluding carboxylic acids is 1. The minimum Gasteiger partial charge on any atom is -0.497 e. The monoisotopic (exact) mass is 404 g/mol. The third-order valence-electron chi connectivity index (χ3n) is 4.79. The quantitative estimate of drug-likeness (QED) is 0.656. The van der Waals surface area contributed by atoms with Crippen LogP contribution in [-0.2, 0) is 10.0 Å². The lowest BCUT2D eigenvalue weighted by Crippen LogP contribution is -2.49. The van der Waals surface area contributed by atoms with E-state index in [0.29, 0.717) is 43.2 Å². The number of hydrogen-bond donors (Lipinski definition) is 0. The van der Waals surface area contributed by atoms with Crippen LogP contribution in [0.25, 0.3) is 0 Å². The largest absolute Gasteiger partial charge is 0.497 e. The van der Waals surface area contributed by atoms with Crippen LogP contribution in [0.3, 0.4) is 0 Å². The highest BCUT2D eigenvalue weighted by Crippen LogP contribution is 2.21. The minimum atomic E-state index is -3.55. The summed E-state index contributed by atoms with van der Waals surface area (Å²) < 4.78 is 37.3. The van der Waals surface area contributed by atoms with Gasteiger partial charge in [-0.25, -0.2) is 8.42 Å². The maximum Gasteiger partial charge on any atom is 0.243 e. The standard InChI is InChI=1S/C20H24N2O5S/c1-26-17-6-8-19(9-7-17)28(24,25)22-12-10-21(11-13-22)15-20(23)16-4-3-5-18(14-16)27-2/h3-9,14H,10-13,15H2,1-2H3. The molecule has 0 atom stereocenters. The molecule has 1 aliphatic heterocycles. The van der Waals surface area contributed by atoms with E-state index in [0.717, 1.165) is 0 Å². The molecule has 0 spiro atoms. The normalized spacial score (nSPS) is 15.9. The lowest BCUT2D eigenvalue weighted by Gasteiger charge is -2.33. The number of Topliss-reactive ketones (excluding diaryl/α,β-unsaturated/α-hetero) is 1. The van der Waals surface area contributed by atoms with Crippen LogP contribution in [0.5, 0.6) is 11.5 Å².